The molecule has 0 saturated carbocycles. The van der Waals surface area contributed by atoms with Crippen molar-refractivity contribution in [2.24, 2.45) is 0 Å². The zero-order valence-electron chi connectivity index (χ0n) is 9.96. The summed E-state index contributed by atoms with van der Waals surface area (Å²) in [6, 6.07) is 3.32. The molecule has 1 aromatic heterocycles. The first-order valence-corrected chi connectivity index (χ1v) is 5.41. The van der Waals surface area contributed by atoms with Crippen molar-refractivity contribution in [1.82, 2.24) is 9.88 Å². The zero-order chi connectivity index (χ0) is 10.7. The maximum atomic E-state index is 3.30. The van der Waals surface area contributed by atoms with Gasteiger partial charge in [-0.3, -0.25) is 4.90 Å². The monoisotopic (exact) mass is 194 g/mol. The van der Waals surface area contributed by atoms with Gasteiger partial charge in [0.1, 0.15) is 0 Å². The van der Waals surface area contributed by atoms with Crippen LogP contribution in [0.2, 0.25) is 0 Å². The Labute approximate surface area is 87.3 Å². The van der Waals surface area contributed by atoms with Crippen LogP contribution in [0.15, 0.2) is 12.3 Å². The minimum absolute atomic E-state index is 0.595. The first-order chi connectivity index (χ1) is 6.52. The van der Waals surface area contributed by atoms with Gasteiger partial charge >= 0.3 is 0 Å². The Kier molecular flexibility index (Phi) is 3.76. The summed E-state index contributed by atoms with van der Waals surface area (Å²) in [5.41, 5.74) is 2.70. The molecule has 2 heteroatoms. The average molecular weight is 194 g/mol. The molecular weight excluding hydrogens is 172 g/mol. The summed E-state index contributed by atoms with van der Waals surface area (Å²) in [5, 5.41) is 0. The molecule has 0 bridgehead atoms. The number of nitrogens with zero attached hydrogens (tertiary/aromatic N) is 1. The first kappa shape index (κ1) is 11.3. The molecule has 14 heavy (non-hydrogen) atoms. The van der Waals surface area contributed by atoms with Crippen LogP contribution in [-0.4, -0.2) is 22.0 Å². The number of aryl methyl sites for hydroxylation is 1. The summed E-state index contributed by atoms with van der Waals surface area (Å²) >= 11 is 0. The third-order valence-electron chi connectivity index (χ3n) is 2.73. The molecule has 0 saturated heterocycles. The smallest absolute Gasteiger partial charge is 0.0393 e. The first-order valence-electron chi connectivity index (χ1n) is 5.41. The molecule has 1 rings (SSSR count). The van der Waals surface area contributed by atoms with Crippen molar-refractivity contribution in [3.8, 4) is 0 Å². The standard InChI is InChI=1S/C12H22N2/c1-9(2)14(10(3)4)8-12-11(5)6-7-13-12/h6-7,9-10,13H,8H2,1-5H3. The quantitative estimate of drug-likeness (QED) is 0.780. The number of aromatic nitrogens is 1. The predicted molar refractivity (Wildman–Crippen MR) is 61.3 cm³/mol. The molecule has 0 aliphatic rings. The highest BCUT2D eigenvalue weighted by atomic mass is 15.2. The SMILES string of the molecule is Cc1cc[nH]c1CN(C(C)C)C(C)C. The van der Waals surface area contributed by atoms with Crippen molar-refractivity contribution < 1.29 is 0 Å². The molecule has 2 nitrogen and oxygen atoms in total. The van der Waals surface area contributed by atoms with Crippen LogP contribution in [0.4, 0.5) is 0 Å². The van der Waals surface area contributed by atoms with E-state index in [1.165, 1.54) is 11.3 Å². The second kappa shape index (κ2) is 4.65. The Hall–Kier alpha value is -0.760. The normalized spacial score (nSPS) is 12.0. The summed E-state index contributed by atoms with van der Waals surface area (Å²) in [6.45, 7) is 12.2. The van der Waals surface area contributed by atoms with E-state index in [0.717, 1.165) is 6.54 Å². The number of rotatable bonds is 4. The highest BCUT2D eigenvalue weighted by Gasteiger charge is 2.14. The molecule has 1 aromatic rings. The van der Waals surface area contributed by atoms with E-state index in [-0.39, 0.29) is 0 Å². The van der Waals surface area contributed by atoms with Crippen LogP contribution in [0.3, 0.4) is 0 Å². The van der Waals surface area contributed by atoms with E-state index < -0.39 is 0 Å². The summed E-state index contributed by atoms with van der Waals surface area (Å²) < 4.78 is 0. The number of nitrogens with one attached hydrogen (secondary N) is 1. The maximum Gasteiger partial charge on any atom is 0.0393 e. The molecular formula is C12H22N2. The van der Waals surface area contributed by atoms with Crippen molar-refractivity contribution in [3.05, 3.63) is 23.5 Å². The number of hydrogen-bond donors (Lipinski definition) is 1. The lowest BCUT2D eigenvalue weighted by molar-refractivity contribution is 0.164. The Morgan fingerprint density at radius 2 is 1.79 bits per heavy atom. The lowest BCUT2D eigenvalue weighted by atomic mass is 10.2. The van der Waals surface area contributed by atoms with Gasteiger partial charge in [0.05, 0.1) is 0 Å². The van der Waals surface area contributed by atoms with Gasteiger partial charge in [0, 0.05) is 30.5 Å². The molecule has 1 N–H and O–H groups in total. The van der Waals surface area contributed by atoms with Crippen LogP contribution >= 0.6 is 0 Å². The Balaban J connectivity index is 2.70. The fourth-order valence-corrected chi connectivity index (χ4v) is 1.80. The second-order valence-electron chi connectivity index (χ2n) is 4.50. The fraction of sp³-hybridized carbons (Fsp3) is 0.667. The summed E-state index contributed by atoms with van der Waals surface area (Å²) in [5.74, 6) is 0. The molecule has 0 atom stereocenters. The van der Waals surface area contributed by atoms with Gasteiger partial charge < -0.3 is 4.98 Å². The summed E-state index contributed by atoms with van der Waals surface area (Å²) in [6.07, 6.45) is 2.02. The molecule has 0 amide bonds. The lowest BCUT2D eigenvalue weighted by Crippen LogP contribution is -2.36. The van der Waals surface area contributed by atoms with Crippen molar-refractivity contribution in [2.45, 2.75) is 53.2 Å². The molecule has 0 spiro atoms. The molecule has 0 aliphatic carbocycles. The van der Waals surface area contributed by atoms with Crippen LogP contribution in [0.1, 0.15) is 39.0 Å². The number of aromatic amines is 1. The fourth-order valence-electron chi connectivity index (χ4n) is 1.80. The van der Waals surface area contributed by atoms with E-state index in [0.29, 0.717) is 12.1 Å². The van der Waals surface area contributed by atoms with E-state index in [4.69, 9.17) is 0 Å². The highest BCUT2D eigenvalue weighted by molar-refractivity contribution is 5.18. The molecule has 0 aromatic carbocycles. The summed E-state index contributed by atoms with van der Waals surface area (Å²) in [4.78, 5) is 5.79. The molecule has 1 heterocycles. The van der Waals surface area contributed by atoms with E-state index in [9.17, 15) is 0 Å². The van der Waals surface area contributed by atoms with Gasteiger partial charge in [0.25, 0.3) is 0 Å². The van der Waals surface area contributed by atoms with E-state index in [2.05, 4.69) is 50.6 Å². The van der Waals surface area contributed by atoms with Crippen LogP contribution in [0, 0.1) is 6.92 Å². The number of hydrogen-bond acceptors (Lipinski definition) is 1. The third-order valence-corrected chi connectivity index (χ3v) is 2.73. The minimum Gasteiger partial charge on any atom is -0.364 e. The molecule has 0 radical (unpaired) electrons. The molecule has 0 fully saturated rings. The Morgan fingerprint density at radius 3 is 2.14 bits per heavy atom. The third kappa shape index (κ3) is 2.61. The second-order valence-corrected chi connectivity index (χ2v) is 4.50. The maximum absolute atomic E-state index is 3.30. The minimum atomic E-state index is 0.595. The van der Waals surface area contributed by atoms with Crippen LogP contribution in [-0.2, 0) is 6.54 Å². The number of H-pyrrole nitrogens is 1. The van der Waals surface area contributed by atoms with Gasteiger partial charge in [-0.25, -0.2) is 0 Å². The lowest BCUT2D eigenvalue weighted by Gasteiger charge is -2.30. The van der Waals surface area contributed by atoms with E-state index >= 15 is 0 Å². The Morgan fingerprint density at radius 1 is 1.21 bits per heavy atom. The molecule has 0 unspecified atom stereocenters. The van der Waals surface area contributed by atoms with E-state index in [1.807, 2.05) is 6.20 Å². The van der Waals surface area contributed by atoms with Crippen molar-refractivity contribution in [3.63, 3.8) is 0 Å². The molecule has 0 aliphatic heterocycles. The van der Waals surface area contributed by atoms with Gasteiger partial charge in [-0.15, -0.1) is 0 Å². The largest absolute Gasteiger partial charge is 0.364 e. The average Bonchev–Trinajstić information content (AvgIpc) is 2.46. The summed E-state index contributed by atoms with van der Waals surface area (Å²) in [7, 11) is 0. The van der Waals surface area contributed by atoms with Crippen LogP contribution in [0.5, 0.6) is 0 Å². The van der Waals surface area contributed by atoms with Crippen LogP contribution in [0.25, 0.3) is 0 Å². The van der Waals surface area contributed by atoms with Crippen molar-refractivity contribution in [2.75, 3.05) is 0 Å². The van der Waals surface area contributed by atoms with Gasteiger partial charge in [-0.2, -0.15) is 0 Å². The van der Waals surface area contributed by atoms with Gasteiger partial charge in [0.15, 0.2) is 0 Å². The van der Waals surface area contributed by atoms with Crippen molar-refractivity contribution in [1.29, 1.82) is 0 Å². The highest BCUT2D eigenvalue weighted by Crippen LogP contribution is 2.13. The van der Waals surface area contributed by atoms with Gasteiger partial charge in [-0.05, 0) is 46.2 Å². The van der Waals surface area contributed by atoms with Gasteiger partial charge in [0.2, 0.25) is 0 Å². The van der Waals surface area contributed by atoms with Crippen LogP contribution < -0.4 is 0 Å². The van der Waals surface area contributed by atoms with Gasteiger partial charge in [-0.1, -0.05) is 0 Å². The molecule has 80 valence electrons. The topological polar surface area (TPSA) is 19.0 Å². The Bertz CT molecular complexity index is 266. The van der Waals surface area contributed by atoms with E-state index in [1.54, 1.807) is 0 Å². The van der Waals surface area contributed by atoms with Crippen molar-refractivity contribution >= 4 is 0 Å². The zero-order valence-corrected chi connectivity index (χ0v) is 9.96. The predicted octanol–water partition coefficient (Wildman–Crippen LogP) is 2.94.